The number of aliphatic hydroxyl groups is 1. The summed E-state index contributed by atoms with van der Waals surface area (Å²) in [6.07, 6.45) is 0.636. The second-order valence-corrected chi connectivity index (χ2v) is 5.22. The first kappa shape index (κ1) is 13.9. The van der Waals surface area contributed by atoms with Gasteiger partial charge in [-0.2, -0.15) is 0 Å². The highest BCUT2D eigenvalue weighted by Gasteiger charge is 2.17. The third-order valence-corrected chi connectivity index (χ3v) is 2.09. The fourth-order valence-electron chi connectivity index (χ4n) is 1.65. The van der Waals surface area contributed by atoms with Crippen LogP contribution in [-0.4, -0.2) is 49.8 Å². The Kier molecular flexibility index (Phi) is 6.33. The van der Waals surface area contributed by atoms with Gasteiger partial charge in [-0.05, 0) is 39.4 Å². The van der Waals surface area contributed by atoms with E-state index in [0.29, 0.717) is 5.41 Å². The van der Waals surface area contributed by atoms with Crippen molar-refractivity contribution in [2.24, 2.45) is 5.41 Å². The minimum absolute atomic E-state index is 0.195. The lowest BCUT2D eigenvalue weighted by Crippen LogP contribution is -2.38. The predicted molar refractivity (Wildman–Crippen MR) is 61.5 cm³/mol. The van der Waals surface area contributed by atoms with E-state index in [0.717, 1.165) is 26.1 Å². The summed E-state index contributed by atoms with van der Waals surface area (Å²) in [6.45, 7) is 9.30. The average molecular weight is 202 g/mol. The molecule has 0 spiro atoms. The fraction of sp³-hybridized carbons (Fsp3) is 1.00. The van der Waals surface area contributed by atoms with E-state index in [9.17, 15) is 0 Å². The molecule has 3 nitrogen and oxygen atoms in total. The molecule has 0 aromatic rings. The minimum Gasteiger partial charge on any atom is -0.393 e. The van der Waals surface area contributed by atoms with Crippen molar-refractivity contribution in [2.45, 2.75) is 33.3 Å². The lowest BCUT2D eigenvalue weighted by Gasteiger charge is -2.28. The molecule has 3 heteroatoms. The Hall–Kier alpha value is -0.120. The highest BCUT2D eigenvalue weighted by molar-refractivity contribution is 4.74. The van der Waals surface area contributed by atoms with E-state index in [1.54, 1.807) is 0 Å². The van der Waals surface area contributed by atoms with E-state index in [1.165, 1.54) is 0 Å². The van der Waals surface area contributed by atoms with Crippen LogP contribution < -0.4 is 5.32 Å². The summed E-state index contributed by atoms with van der Waals surface area (Å²) in [5, 5.41) is 12.5. The molecule has 86 valence electrons. The smallest absolute Gasteiger partial charge is 0.0524 e. The van der Waals surface area contributed by atoms with Crippen molar-refractivity contribution < 1.29 is 5.11 Å². The van der Waals surface area contributed by atoms with Crippen LogP contribution in [0, 0.1) is 5.41 Å². The number of hydrogen-bond donors (Lipinski definition) is 2. The zero-order valence-electron chi connectivity index (χ0n) is 10.3. The van der Waals surface area contributed by atoms with Crippen LogP contribution in [0.25, 0.3) is 0 Å². The summed E-state index contributed by atoms with van der Waals surface area (Å²) in [6, 6.07) is 0. The molecule has 0 amide bonds. The first-order chi connectivity index (χ1) is 6.33. The SMILES string of the molecule is CC(O)CCNCC(C)(C)CN(C)C. The molecule has 0 aliphatic carbocycles. The van der Waals surface area contributed by atoms with Crippen LogP contribution in [0.5, 0.6) is 0 Å². The van der Waals surface area contributed by atoms with Crippen LogP contribution in [0.2, 0.25) is 0 Å². The van der Waals surface area contributed by atoms with E-state index in [1.807, 2.05) is 6.92 Å². The molecule has 2 N–H and O–H groups in total. The van der Waals surface area contributed by atoms with Gasteiger partial charge >= 0.3 is 0 Å². The normalized spacial score (nSPS) is 14.8. The number of aliphatic hydroxyl groups excluding tert-OH is 1. The van der Waals surface area contributed by atoms with Gasteiger partial charge in [-0.25, -0.2) is 0 Å². The summed E-state index contributed by atoms with van der Waals surface area (Å²) >= 11 is 0. The molecule has 0 aromatic carbocycles. The van der Waals surface area contributed by atoms with Gasteiger partial charge in [0.2, 0.25) is 0 Å². The summed E-state index contributed by atoms with van der Waals surface area (Å²) in [7, 11) is 4.19. The van der Waals surface area contributed by atoms with Crippen molar-refractivity contribution in [1.29, 1.82) is 0 Å². The maximum atomic E-state index is 9.08. The van der Waals surface area contributed by atoms with Gasteiger partial charge < -0.3 is 15.3 Å². The molecule has 0 aliphatic heterocycles. The van der Waals surface area contributed by atoms with E-state index in [2.05, 4.69) is 38.2 Å². The van der Waals surface area contributed by atoms with Crippen molar-refractivity contribution in [2.75, 3.05) is 33.7 Å². The van der Waals surface area contributed by atoms with Gasteiger partial charge in [-0.15, -0.1) is 0 Å². The highest BCUT2D eigenvalue weighted by Crippen LogP contribution is 2.13. The number of hydrogen-bond acceptors (Lipinski definition) is 3. The first-order valence-corrected chi connectivity index (χ1v) is 5.37. The molecule has 0 rings (SSSR count). The Bertz CT molecular complexity index is 144. The number of nitrogens with one attached hydrogen (secondary N) is 1. The van der Waals surface area contributed by atoms with Crippen LogP contribution in [-0.2, 0) is 0 Å². The van der Waals surface area contributed by atoms with Crippen molar-refractivity contribution >= 4 is 0 Å². The Balaban J connectivity index is 3.55. The van der Waals surface area contributed by atoms with Crippen LogP contribution >= 0.6 is 0 Å². The second-order valence-electron chi connectivity index (χ2n) is 5.22. The maximum absolute atomic E-state index is 9.08. The standard InChI is InChI=1S/C11H26N2O/c1-10(14)6-7-12-8-11(2,3)9-13(4)5/h10,12,14H,6-9H2,1-5H3. The Morgan fingerprint density at radius 3 is 2.36 bits per heavy atom. The molecule has 1 atom stereocenters. The first-order valence-electron chi connectivity index (χ1n) is 5.37. The van der Waals surface area contributed by atoms with E-state index in [4.69, 9.17) is 5.11 Å². The van der Waals surface area contributed by atoms with Crippen LogP contribution in [0.1, 0.15) is 27.2 Å². The van der Waals surface area contributed by atoms with Crippen molar-refractivity contribution in [1.82, 2.24) is 10.2 Å². The molecular formula is C11H26N2O. The van der Waals surface area contributed by atoms with E-state index >= 15 is 0 Å². The Labute approximate surface area is 88.5 Å². The largest absolute Gasteiger partial charge is 0.393 e. The van der Waals surface area contributed by atoms with Gasteiger partial charge in [0, 0.05) is 13.1 Å². The van der Waals surface area contributed by atoms with Gasteiger partial charge in [0.1, 0.15) is 0 Å². The quantitative estimate of drug-likeness (QED) is 0.603. The van der Waals surface area contributed by atoms with Crippen LogP contribution in [0.15, 0.2) is 0 Å². The molecule has 0 aromatic heterocycles. The molecule has 0 saturated heterocycles. The summed E-state index contributed by atoms with van der Waals surface area (Å²) in [5.41, 5.74) is 0.294. The van der Waals surface area contributed by atoms with Crippen LogP contribution in [0.3, 0.4) is 0 Å². The second kappa shape index (κ2) is 6.38. The molecular weight excluding hydrogens is 176 g/mol. The van der Waals surface area contributed by atoms with Gasteiger partial charge in [0.15, 0.2) is 0 Å². The van der Waals surface area contributed by atoms with E-state index in [-0.39, 0.29) is 6.10 Å². The molecule has 0 bridgehead atoms. The molecule has 0 radical (unpaired) electrons. The molecule has 0 aliphatic rings. The fourth-order valence-corrected chi connectivity index (χ4v) is 1.65. The summed E-state index contributed by atoms with van der Waals surface area (Å²) in [5.74, 6) is 0. The summed E-state index contributed by atoms with van der Waals surface area (Å²) in [4.78, 5) is 2.20. The number of rotatable bonds is 7. The zero-order chi connectivity index (χ0) is 11.2. The molecule has 0 fully saturated rings. The minimum atomic E-state index is -0.195. The molecule has 0 heterocycles. The lowest BCUT2D eigenvalue weighted by molar-refractivity contribution is 0.178. The predicted octanol–water partition coefficient (Wildman–Crippen LogP) is 0.935. The zero-order valence-corrected chi connectivity index (χ0v) is 10.3. The van der Waals surface area contributed by atoms with Crippen molar-refractivity contribution in [3.05, 3.63) is 0 Å². The maximum Gasteiger partial charge on any atom is 0.0524 e. The van der Waals surface area contributed by atoms with Crippen molar-refractivity contribution in [3.63, 3.8) is 0 Å². The van der Waals surface area contributed by atoms with Gasteiger partial charge in [-0.3, -0.25) is 0 Å². The summed E-state index contributed by atoms with van der Waals surface area (Å²) < 4.78 is 0. The Morgan fingerprint density at radius 1 is 1.36 bits per heavy atom. The van der Waals surface area contributed by atoms with Crippen LogP contribution in [0.4, 0.5) is 0 Å². The average Bonchev–Trinajstić information content (AvgIpc) is 1.95. The van der Waals surface area contributed by atoms with Crippen molar-refractivity contribution in [3.8, 4) is 0 Å². The highest BCUT2D eigenvalue weighted by atomic mass is 16.3. The molecule has 14 heavy (non-hydrogen) atoms. The Morgan fingerprint density at radius 2 is 1.93 bits per heavy atom. The topological polar surface area (TPSA) is 35.5 Å². The molecule has 0 saturated carbocycles. The van der Waals surface area contributed by atoms with Gasteiger partial charge in [-0.1, -0.05) is 13.8 Å². The van der Waals surface area contributed by atoms with Gasteiger partial charge in [0.25, 0.3) is 0 Å². The van der Waals surface area contributed by atoms with E-state index < -0.39 is 0 Å². The third-order valence-electron chi connectivity index (χ3n) is 2.09. The van der Waals surface area contributed by atoms with Gasteiger partial charge in [0.05, 0.1) is 6.10 Å². The number of nitrogens with zero attached hydrogens (tertiary/aromatic N) is 1. The molecule has 1 unspecified atom stereocenters. The monoisotopic (exact) mass is 202 g/mol. The lowest BCUT2D eigenvalue weighted by atomic mass is 9.93. The third kappa shape index (κ3) is 8.48.